The highest BCUT2D eigenvalue weighted by Gasteiger charge is 2.19. The van der Waals surface area contributed by atoms with Crippen LogP contribution < -0.4 is 4.74 Å². The first-order chi connectivity index (χ1) is 13.8. The summed E-state index contributed by atoms with van der Waals surface area (Å²) < 4.78 is 7.41. The maximum atomic E-state index is 12.8. The molecule has 152 valence electrons. The van der Waals surface area contributed by atoms with Gasteiger partial charge in [-0.1, -0.05) is 12.1 Å². The molecule has 2 aromatic heterocycles. The van der Waals surface area contributed by atoms with Crippen molar-refractivity contribution in [3.63, 3.8) is 0 Å². The molecule has 8 nitrogen and oxygen atoms in total. The lowest BCUT2D eigenvalue weighted by atomic mass is 10.2. The van der Waals surface area contributed by atoms with Crippen molar-refractivity contribution < 1.29 is 14.5 Å². The van der Waals surface area contributed by atoms with Gasteiger partial charge in [-0.2, -0.15) is 5.10 Å². The average Bonchev–Trinajstić information content (AvgIpc) is 3.26. The van der Waals surface area contributed by atoms with Gasteiger partial charge in [-0.25, -0.2) is 0 Å². The van der Waals surface area contributed by atoms with Crippen molar-refractivity contribution >= 4 is 22.9 Å². The van der Waals surface area contributed by atoms with Gasteiger partial charge in [0.25, 0.3) is 5.91 Å². The van der Waals surface area contributed by atoms with Gasteiger partial charge in [-0.05, 0) is 31.4 Å². The van der Waals surface area contributed by atoms with E-state index in [2.05, 4.69) is 5.10 Å². The predicted molar refractivity (Wildman–Crippen MR) is 110 cm³/mol. The molecular formula is C20H22N4O4S. The SMILES string of the molecule is Cc1nn(C)c(C)c1CN(C)C(=O)c1cc(COc2ccccc2[N+](=O)[O-])cs1. The Hall–Kier alpha value is -3.20. The van der Waals surface area contributed by atoms with E-state index in [1.54, 1.807) is 36.2 Å². The van der Waals surface area contributed by atoms with Gasteiger partial charge in [0, 0.05) is 43.5 Å². The van der Waals surface area contributed by atoms with Crippen molar-refractivity contribution in [3.8, 4) is 5.75 Å². The van der Waals surface area contributed by atoms with Gasteiger partial charge < -0.3 is 9.64 Å². The topological polar surface area (TPSA) is 90.5 Å². The Kier molecular flexibility index (Phi) is 5.97. The number of nitrogens with zero attached hydrogens (tertiary/aromatic N) is 4. The summed E-state index contributed by atoms with van der Waals surface area (Å²) in [5.74, 6) is 0.116. The van der Waals surface area contributed by atoms with E-state index in [9.17, 15) is 14.9 Å². The molecule has 0 N–H and O–H groups in total. The number of ether oxygens (including phenoxy) is 1. The zero-order valence-electron chi connectivity index (χ0n) is 16.7. The average molecular weight is 414 g/mol. The number of carbonyl (C=O) groups excluding carboxylic acids is 1. The number of para-hydroxylation sites is 2. The van der Waals surface area contributed by atoms with Crippen LogP contribution in [0.25, 0.3) is 0 Å². The molecule has 0 unspecified atom stereocenters. The smallest absolute Gasteiger partial charge is 0.310 e. The summed E-state index contributed by atoms with van der Waals surface area (Å²) >= 11 is 1.33. The van der Waals surface area contributed by atoms with Crippen molar-refractivity contribution in [2.45, 2.75) is 27.0 Å². The number of thiophene rings is 1. The molecule has 1 aromatic carbocycles. The quantitative estimate of drug-likeness (QED) is 0.433. The van der Waals surface area contributed by atoms with Crippen LogP contribution >= 0.6 is 11.3 Å². The number of benzene rings is 1. The van der Waals surface area contributed by atoms with Crippen LogP contribution in [0.3, 0.4) is 0 Å². The molecule has 0 aliphatic carbocycles. The van der Waals surface area contributed by atoms with Gasteiger partial charge >= 0.3 is 5.69 Å². The summed E-state index contributed by atoms with van der Waals surface area (Å²) in [7, 11) is 3.65. The fourth-order valence-corrected chi connectivity index (χ4v) is 3.89. The van der Waals surface area contributed by atoms with Gasteiger partial charge in [0.1, 0.15) is 6.61 Å². The predicted octanol–water partition coefficient (Wildman–Crippen LogP) is 3.86. The van der Waals surface area contributed by atoms with Crippen LogP contribution in [0.5, 0.6) is 5.75 Å². The number of carbonyl (C=O) groups is 1. The van der Waals surface area contributed by atoms with Crippen LogP contribution in [0.2, 0.25) is 0 Å². The van der Waals surface area contributed by atoms with E-state index in [0.717, 1.165) is 22.5 Å². The highest BCUT2D eigenvalue weighted by Crippen LogP contribution is 2.27. The number of nitro groups is 1. The Balaban J connectivity index is 1.66. The highest BCUT2D eigenvalue weighted by molar-refractivity contribution is 7.12. The summed E-state index contributed by atoms with van der Waals surface area (Å²) in [6.45, 7) is 4.55. The summed E-state index contributed by atoms with van der Waals surface area (Å²) in [5.41, 5.74) is 3.70. The van der Waals surface area contributed by atoms with Gasteiger partial charge in [0.2, 0.25) is 0 Å². The number of rotatable bonds is 7. The summed E-state index contributed by atoms with van der Waals surface area (Å²) in [6, 6.07) is 8.00. The number of aromatic nitrogens is 2. The first kappa shape index (κ1) is 20.5. The van der Waals surface area contributed by atoms with Crippen LogP contribution in [0.1, 0.15) is 32.2 Å². The van der Waals surface area contributed by atoms with E-state index >= 15 is 0 Å². The maximum absolute atomic E-state index is 12.8. The molecule has 0 aliphatic heterocycles. The molecule has 3 rings (SSSR count). The number of aryl methyl sites for hydroxylation is 2. The van der Waals surface area contributed by atoms with Crippen LogP contribution in [0.15, 0.2) is 35.7 Å². The third-order valence-corrected chi connectivity index (χ3v) is 5.69. The van der Waals surface area contributed by atoms with Crippen molar-refractivity contribution in [1.29, 1.82) is 0 Å². The minimum Gasteiger partial charge on any atom is -0.482 e. The Morgan fingerprint density at radius 2 is 2.07 bits per heavy atom. The summed E-state index contributed by atoms with van der Waals surface area (Å²) in [6.07, 6.45) is 0. The number of amides is 1. The first-order valence-electron chi connectivity index (χ1n) is 8.96. The lowest BCUT2D eigenvalue weighted by Crippen LogP contribution is -2.26. The minimum atomic E-state index is -0.477. The van der Waals surface area contributed by atoms with Gasteiger partial charge in [0.15, 0.2) is 5.75 Å². The van der Waals surface area contributed by atoms with Crippen LogP contribution in [-0.2, 0) is 20.2 Å². The monoisotopic (exact) mass is 414 g/mol. The zero-order chi connectivity index (χ0) is 21.1. The van der Waals surface area contributed by atoms with Crippen molar-refractivity contribution in [3.05, 3.63) is 73.2 Å². The molecule has 0 saturated carbocycles. The maximum Gasteiger partial charge on any atom is 0.310 e. The normalized spacial score (nSPS) is 10.8. The Bertz CT molecular complexity index is 1060. The number of hydrogen-bond acceptors (Lipinski definition) is 6. The van der Waals surface area contributed by atoms with E-state index < -0.39 is 4.92 Å². The molecule has 0 spiro atoms. The summed E-state index contributed by atoms with van der Waals surface area (Å²) in [5, 5.41) is 17.3. The lowest BCUT2D eigenvalue weighted by molar-refractivity contribution is -0.385. The van der Waals surface area contributed by atoms with Crippen molar-refractivity contribution in [2.24, 2.45) is 7.05 Å². The van der Waals surface area contributed by atoms with Crippen molar-refractivity contribution in [1.82, 2.24) is 14.7 Å². The lowest BCUT2D eigenvalue weighted by Gasteiger charge is -2.16. The third kappa shape index (κ3) is 4.45. The molecule has 0 aliphatic rings. The second-order valence-electron chi connectivity index (χ2n) is 6.77. The number of nitro benzene ring substituents is 1. The number of hydrogen-bond donors (Lipinski definition) is 0. The molecule has 3 aromatic rings. The van der Waals surface area contributed by atoms with Gasteiger partial charge in [0.05, 0.1) is 15.5 Å². The first-order valence-corrected chi connectivity index (χ1v) is 9.84. The fourth-order valence-electron chi connectivity index (χ4n) is 3.00. The van der Waals surface area contributed by atoms with Crippen molar-refractivity contribution in [2.75, 3.05) is 7.05 Å². The molecule has 0 radical (unpaired) electrons. The molecule has 1 amide bonds. The zero-order valence-corrected chi connectivity index (χ0v) is 17.5. The largest absolute Gasteiger partial charge is 0.482 e. The molecular weight excluding hydrogens is 392 g/mol. The van der Waals surface area contributed by atoms with Crippen LogP contribution in [0.4, 0.5) is 5.69 Å². The Morgan fingerprint density at radius 3 is 2.72 bits per heavy atom. The molecule has 0 bridgehead atoms. The van der Waals surface area contributed by atoms with E-state index in [-0.39, 0.29) is 24.0 Å². The molecule has 29 heavy (non-hydrogen) atoms. The van der Waals surface area contributed by atoms with Crippen LogP contribution in [-0.4, -0.2) is 32.6 Å². The highest BCUT2D eigenvalue weighted by atomic mass is 32.1. The van der Waals surface area contributed by atoms with E-state index in [1.807, 2.05) is 31.0 Å². The van der Waals surface area contributed by atoms with Gasteiger partial charge in [-0.15, -0.1) is 11.3 Å². The molecule has 0 fully saturated rings. The Morgan fingerprint density at radius 1 is 1.34 bits per heavy atom. The molecule has 0 atom stereocenters. The van der Waals surface area contributed by atoms with Gasteiger partial charge in [-0.3, -0.25) is 19.6 Å². The van der Waals surface area contributed by atoms with E-state index in [0.29, 0.717) is 11.4 Å². The third-order valence-electron chi connectivity index (χ3n) is 4.72. The molecule has 2 heterocycles. The molecule has 0 saturated heterocycles. The second kappa shape index (κ2) is 8.44. The standard InChI is InChI=1S/C20H22N4O4S/c1-13-16(14(2)23(4)21-13)10-22(3)20(25)19-9-15(12-29-19)11-28-18-8-6-5-7-17(18)24(26)27/h5-9,12H,10-11H2,1-4H3. The fraction of sp³-hybridized carbons (Fsp3) is 0.300. The summed E-state index contributed by atoms with van der Waals surface area (Å²) in [4.78, 5) is 25.6. The van der Waals surface area contributed by atoms with Crippen LogP contribution in [0, 0.1) is 24.0 Å². The molecule has 9 heteroatoms. The second-order valence-corrected chi connectivity index (χ2v) is 7.68. The Labute approximate surface area is 172 Å². The van der Waals surface area contributed by atoms with E-state index in [1.165, 1.54) is 17.4 Å². The minimum absolute atomic E-state index is 0.0824. The van der Waals surface area contributed by atoms with E-state index in [4.69, 9.17) is 4.74 Å².